The van der Waals surface area contributed by atoms with E-state index in [1.807, 2.05) is 24.5 Å². The lowest BCUT2D eigenvalue weighted by Crippen LogP contribution is -2.25. The average Bonchev–Trinajstić information content (AvgIpc) is 2.73. The molecule has 3 heterocycles. The van der Waals surface area contributed by atoms with Gasteiger partial charge in [-0.05, 0) is 72.9 Å². The number of aryl methyl sites for hydroxylation is 1. The fraction of sp³-hybridized carbons (Fsp3) is 0.217. The van der Waals surface area contributed by atoms with Gasteiger partial charge in [0.05, 0.1) is 4.90 Å². The second kappa shape index (κ2) is 8.17. The summed E-state index contributed by atoms with van der Waals surface area (Å²) in [5.41, 5.74) is 4.50. The Morgan fingerprint density at radius 3 is 2.62 bits per heavy atom. The summed E-state index contributed by atoms with van der Waals surface area (Å²) in [5.74, 6) is 0.857. The quantitative estimate of drug-likeness (QED) is 0.607. The van der Waals surface area contributed by atoms with Gasteiger partial charge in [-0.2, -0.15) is 0 Å². The molecule has 2 aromatic heterocycles. The zero-order valence-electron chi connectivity index (χ0n) is 16.3. The van der Waals surface area contributed by atoms with Crippen LogP contribution in [0.4, 0.5) is 11.5 Å². The van der Waals surface area contributed by atoms with Crippen LogP contribution in [0.25, 0.3) is 6.08 Å². The van der Waals surface area contributed by atoms with Gasteiger partial charge in [0.25, 0.3) is 0 Å². The number of anilines is 2. The van der Waals surface area contributed by atoms with Gasteiger partial charge in [0.1, 0.15) is 5.82 Å². The highest BCUT2D eigenvalue weighted by atomic mass is 32.2. The Hall–Kier alpha value is -2.99. The summed E-state index contributed by atoms with van der Waals surface area (Å²) in [4.78, 5) is 11.0. The van der Waals surface area contributed by atoms with Gasteiger partial charge in [-0.15, -0.1) is 0 Å². The Morgan fingerprint density at radius 2 is 1.83 bits per heavy atom. The zero-order chi connectivity index (χ0) is 20.3. The summed E-state index contributed by atoms with van der Waals surface area (Å²) in [5, 5.41) is 0. The normalized spacial score (nSPS) is 13.7. The number of sulfone groups is 1. The van der Waals surface area contributed by atoms with Crippen molar-refractivity contribution in [2.75, 3.05) is 17.7 Å². The van der Waals surface area contributed by atoms with Crippen LogP contribution in [0, 0.1) is 0 Å². The predicted octanol–water partition coefficient (Wildman–Crippen LogP) is 4.44. The van der Waals surface area contributed by atoms with Crippen molar-refractivity contribution in [3.63, 3.8) is 0 Å². The van der Waals surface area contributed by atoms with Crippen molar-refractivity contribution in [3.05, 3.63) is 83.8 Å². The second-order valence-electron chi connectivity index (χ2n) is 7.28. The van der Waals surface area contributed by atoms with Crippen LogP contribution >= 0.6 is 0 Å². The molecule has 0 spiro atoms. The minimum absolute atomic E-state index is 0.321. The van der Waals surface area contributed by atoms with Crippen molar-refractivity contribution < 1.29 is 8.42 Å². The van der Waals surface area contributed by atoms with E-state index in [2.05, 4.69) is 39.1 Å². The first-order valence-corrected chi connectivity index (χ1v) is 11.5. The van der Waals surface area contributed by atoms with Crippen LogP contribution in [-0.2, 0) is 16.3 Å². The highest BCUT2D eigenvalue weighted by Crippen LogP contribution is 2.35. The third-order valence-electron chi connectivity index (χ3n) is 5.06. The van der Waals surface area contributed by atoms with Crippen LogP contribution in [0.1, 0.15) is 24.0 Å². The summed E-state index contributed by atoms with van der Waals surface area (Å²) in [6.07, 6.45) is 11.9. The summed E-state index contributed by atoms with van der Waals surface area (Å²) >= 11 is 0. The van der Waals surface area contributed by atoms with Crippen molar-refractivity contribution in [2.45, 2.75) is 24.2 Å². The molecule has 0 unspecified atom stereocenters. The van der Waals surface area contributed by atoms with Crippen molar-refractivity contribution in [1.82, 2.24) is 9.97 Å². The molecule has 1 aliphatic rings. The van der Waals surface area contributed by atoms with E-state index in [0.717, 1.165) is 36.3 Å². The van der Waals surface area contributed by atoms with Crippen molar-refractivity contribution in [3.8, 4) is 0 Å². The molecule has 5 nitrogen and oxygen atoms in total. The van der Waals surface area contributed by atoms with E-state index in [-0.39, 0.29) is 0 Å². The number of rotatable bonds is 6. The molecule has 0 fully saturated rings. The van der Waals surface area contributed by atoms with Gasteiger partial charge in [0.2, 0.25) is 0 Å². The summed E-state index contributed by atoms with van der Waals surface area (Å²) in [6.45, 7) is 0.702. The summed E-state index contributed by atoms with van der Waals surface area (Å²) < 4.78 is 24.0. The number of nitrogens with zero attached hydrogens (tertiary/aromatic N) is 3. The van der Waals surface area contributed by atoms with E-state index < -0.39 is 9.84 Å². The molecule has 29 heavy (non-hydrogen) atoms. The molecular formula is C23H23N3O2S. The molecule has 0 radical (unpaired) electrons. The molecule has 0 aliphatic carbocycles. The van der Waals surface area contributed by atoms with Crippen LogP contribution in [0.5, 0.6) is 0 Å². The zero-order valence-corrected chi connectivity index (χ0v) is 17.1. The maximum absolute atomic E-state index is 12.0. The Kier molecular flexibility index (Phi) is 5.45. The first kappa shape index (κ1) is 19.3. The third kappa shape index (κ3) is 4.54. The number of aromatic nitrogens is 2. The number of pyridine rings is 2. The molecule has 0 bridgehead atoms. The van der Waals surface area contributed by atoms with Gasteiger partial charge >= 0.3 is 0 Å². The first-order chi connectivity index (χ1) is 14.0. The van der Waals surface area contributed by atoms with Crippen molar-refractivity contribution >= 4 is 27.4 Å². The monoisotopic (exact) mass is 405 g/mol. The second-order valence-corrected chi connectivity index (χ2v) is 9.30. The Morgan fingerprint density at radius 1 is 1.00 bits per heavy atom. The lowest BCUT2D eigenvalue weighted by Gasteiger charge is -2.30. The highest BCUT2D eigenvalue weighted by molar-refractivity contribution is 7.90. The summed E-state index contributed by atoms with van der Waals surface area (Å²) in [7, 11) is -3.27. The third-order valence-corrected chi connectivity index (χ3v) is 6.17. The number of benzene rings is 1. The maximum Gasteiger partial charge on any atom is 0.175 e. The molecule has 0 atom stereocenters. The van der Waals surface area contributed by atoms with Gasteiger partial charge < -0.3 is 4.90 Å². The molecule has 148 valence electrons. The topological polar surface area (TPSA) is 63.2 Å². The molecule has 0 saturated heterocycles. The minimum Gasteiger partial charge on any atom is -0.322 e. The highest BCUT2D eigenvalue weighted by Gasteiger charge is 2.21. The largest absolute Gasteiger partial charge is 0.322 e. The molecule has 6 heteroatoms. The molecule has 4 rings (SSSR count). The average molecular weight is 406 g/mol. The molecule has 0 N–H and O–H groups in total. The minimum atomic E-state index is -3.27. The van der Waals surface area contributed by atoms with E-state index in [1.54, 1.807) is 24.4 Å². The first-order valence-electron chi connectivity index (χ1n) is 9.62. The van der Waals surface area contributed by atoms with E-state index >= 15 is 0 Å². The Bertz CT molecular complexity index is 1140. The molecule has 0 amide bonds. The number of hydrogen-bond acceptors (Lipinski definition) is 5. The van der Waals surface area contributed by atoms with Gasteiger partial charge in [-0.3, -0.25) is 4.98 Å². The standard InChI is InChI=1S/C23H23N3O2S/c1-29(27,28)22-9-3-8-21(16-22)26-17-19(15-20-7-4-12-25-23(20)26)6-2-5-18-10-13-24-14-11-18/h3-4,7-16H,2,5-6,17H2,1H3. The number of hydrogen-bond donors (Lipinski definition) is 0. The molecule has 0 saturated carbocycles. The van der Waals surface area contributed by atoms with Crippen molar-refractivity contribution in [2.24, 2.45) is 0 Å². The molecule has 3 aromatic rings. The lowest BCUT2D eigenvalue weighted by molar-refractivity contribution is 0.602. The fourth-order valence-corrected chi connectivity index (χ4v) is 4.27. The lowest BCUT2D eigenvalue weighted by atomic mass is 9.99. The van der Waals surface area contributed by atoms with Crippen LogP contribution < -0.4 is 4.90 Å². The van der Waals surface area contributed by atoms with Gasteiger partial charge in [-0.1, -0.05) is 12.1 Å². The predicted molar refractivity (Wildman–Crippen MR) is 116 cm³/mol. The Labute approximate surface area is 171 Å². The molecular weight excluding hydrogens is 382 g/mol. The van der Waals surface area contributed by atoms with E-state index in [9.17, 15) is 8.42 Å². The SMILES string of the molecule is CS(=O)(=O)c1cccc(N2CC(CCCc3ccncc3)=Cc3cccnc32)c1. The van der Waals surface area contributed by atoms with Gasteiger partial charge in [0, 0.05) is 42.6 Å². The van der Waals surface area contributed by atoms with Crippen LogP contribution in [0.2, 0.25) is 0 Å². The van der Waals surface area contributed by atoms with Crippen LogP contribution in [0.15, 0.2) is 77.6 Å². The molecule has 1 aromatic carbocycles. The fourth-order valence-electron chi connectivity index (χ4n) is 3.61. The Balaban J connectivity index is 1.58. The van der Waals surface area contributed by atoms with E-state index in [4.69, 9.17) is 0 Å². The molecule has 1 aliphatic heterocycles. The van der Waals surface area contributed by atoms with Crippen LogP contribution in [0.3, 0.4) is 0 Å². The maximum atomic E-state index is 12.0. The van der Waals surface area contributed by atoms with E-state index in [1.165, 1.54) is 17.4 Å². The number of fused-ring (bicyclic) bond motifs is 1. The van der Waals surface area contributed by atoms with Gasteiger partial charge in [-0.25, -0.2) is 13.4 Å². The van der Waals surface area contributed by atoms with Crippen molar-refractivity contribution in [1.29, 1.82) is 0 Å². The van der Waals surface area contributed by atoms with Crippen LogP contribution in [-0.4, -0.2) is 31.2 Å². The smallest absolute Gasteiger partial charge is 0.175 e. The van der Waals surface area contributed by atoms with E-state index in [0.29, 0.717) is 11.4 Å². The van der Waals surface area contributed by atoms with Gasteiger partial charge in [0.15, 0.2) is 9.84 Å². The summed E-state index contributed by atoms with van der Waals surface area (Å²) in [6, 6.07) is 15.2.